The van der Waals surface area contributed by atoms with E-state index in [1.807, 2.05) is 26.8 Å². The molecule has 0 bridgehead atoms. The summed E-state index contributed by atoms with van der Waals surface area (Å²) < 4.78 is 10.8. The fourth-order valence-corrected chi connectivity index (χ4v) is 1.95. The summed E-state index contributed by atoms with van der Waals surface area (Å²) in [6, 6.07) is 5.36. The lowest BCUT2D eigenvalue weighted by Crippen LogP contribution is -2.26. The van der Waals surface area contributed by atoms with Gasteiger partial charge < -0.3 is 9.47 Å². The molecule has 4 nitrogen and oxygen atoms in total. The highest BCUT2D eigenvalue weighted by Gasteiger charge is 2.24. The van der Waals surface area contributed by atoms with E-state index in [0.29, 0.717) is 12.2 Å². The molecule has 0 heterocycles. The highest BCUT2D eigenvalue weighted by atomic mass is 16.6. The third-order valence-corrected chi connectivity index (χ3v) is 3.07. The monoisotopic (exact) mass is 332 g/mol. The Kier molecular flexibility index (Phi) is 6.35. The van der Waals surface area contributed by atoms with Crippen LogP contribution < -0.4 is 4.74 Å². The molecule has 1 rings (SSSR count). The van der Waals surface area contributed by atoms with E-state index in [9.17, 15) is 9.59 Å². The molecule has 1 aromatic rings. The van der Waals surface area contributed by atoms with Crippen molar-refractivity contribution >= 4 is 11.9 Å². The van der Waals surface area contributed by atoms with Gasteiger partial charge in [-0.25, -0.2) is 0 Å². The van der Waals surface area contributed by atoms with Crippen LogP contribution >= 0.6 is 0 Å². The first-order valence-electron chi connectivity index (χ1n) is 8.09. The Morgan fingerprint density at radius 3 is 2.25 bits per heavy atom. The number of carbonyl (C=O) groups excluding carboxylic acids is 2. The van der Waals surface area contributed by atoms with Crippen molar-refractivity contribution in [2.75, 3.05) is 0 Å². The van der Waals surface area contributed by atoms with E-state index >= 15 is 0 Å². The van der Waals surface area contributed by atoms with Gasteiger partial charge in [-0.3, -0.25) is 9.59 Å². The first-order chi connectivity index (χ1) is 10.9. The lowest BCUT2D eigenvalue weighted by Gasteiger charge is -2.20. The van der Waals surface area contributed by atoms with Crippen LogP contribution in [0.4, 0.5) is 0 Å². The molecule has 0 aliphatic heterocycles. The summed E-state index contributed by atoms with van der Waals surface area (Å²) in [6.45, 7) is 14.7. The molecule has 0 aromatic heterocycles. The number of hydrogen-bond acceptors (Lipinski definition) is 4. The largest absolute Gasteiger partial charge is 0.460 e. The molecule has 0 aliphatic carbocycles. The lowest BCUT2D eigenvalue weighted by atomic mass is 9.97. The van der Waals surface area contributed by atoms with Gasteiger partial charge in [-0.15, -0.1) is 6.58 Å². The van der Waals surface area contributed by atoms with Crippen LogP contribution in [0.3, 0.4) is 0 Å². The second-order valence-corrected chi connectivity index (χ2v) is 7.84. The van der Waals surface area contributed by atoms with E-state index in [0.717, 1.165) is 11.1 Å². The van der Waals surface area contributed by atoms with Crippen molar-refractivity contribution in [3.05, 3.63) is 42.0 Å². The maximum atomic E-state index is 12.1. The molecule has 0 saturated carbocycles. The first kappa shape index (κ1) is 19.9. The molecule has 0 spiro atoms. The van der Waals surface area contributed by atoms with Gasteiger partial charge in [-0.05, 0) is 65.2 Å². The number of benzene rings is 1. The Morgan fingerprint density at radius 2 is 1.75 bits per heavy atom. The number of carbonyl (C=O) groups is 2. The molecule has 0 fully saturated rings. The zero-order valence-electron chi connectivity index (χ0n) is 15.6. The standard InChI is InChI=1S/C20H28O4/c1-8-9-15-12-14(13-17(21)24-20(5,6)7)10-11-16(15)23-18(22)19(2,3)4/h8,10-12H,1,9,13H2,2-7H3. The second kappa shape index (κ2) is 7.65. The van der Waals surface area contributed by atoms with Crippen LogP contribution in [0.25, 0.3) is 0 Å². The summed E-state index contributed by atoms with van der Waals surface area (Å²) in [5.41, 5.74) is 0.546. The summed E-state index contributed by atoms with van der Waals surface area (Å²) in [7, 11) is 0. The van der Waals surface area contributed by atoms with Gasteiger partial charge in [0, 0.05) is 0 Å². The predicted molar refractivity (Wildman–Crippen MR) is 95.0 cm³/mol. The summed E-state index contributed by atoms with van der Waals surface area (Å²) in [4.78, 5) is 24.1. The Labute approximate surface area is 144 Å². The Bertz CT molecular complexity index is 616. The summed E-state index contributed by atoms with van der Waals surface area (Å²) in [6.07, 6.45) is 2.46. The van der Waals surface area contributed by atoms with Crippen LogP contribution in [0.1, 0.15) is 52.7 Å². The molecule has 0 amide bonds. The van der Waals surface area contributed by atoms with Gasteiger partial charge in [-0.2, -0.15) is 0 Å². The summed E-state index contributed by atoms with van der Waals surface area (Å²) in [5.74, 6) is -0.0815. The predicted octanol–water partition coefficient (Wildman–Crippen LogP) is 4.25. The van der Waals surface area contributed by atoms with Crippen LogP contribution in [0.2, 0.25) is 0 Å². The van der Waals surface area contributed by atoms with Crippen molar-refractivity contribution in [1.29, 1.82) is 0 Å². The van der Waals surface area contributed by atoms with Crippen LogP contribution in [-0.2, 0) is 27.2 Å². The van der Waals surface area contributed by atoms with Crippen molar-refractivity contribution in [2.24, 2.45) is 5.41 Å². The number of ether oxygens (including phenoxy) is 2. The van der Waals surface area contributed by atoms with Gasteiger partial charge >= 0.3 is 11.9 Å². The van der Waals surface area contributed by atoms with E-state index in [1.165, 1.54) is 0 Å². The van der Waals surface area contributed by atoms with Crippen molar-refractivity contribution in [2.45, 2.75) is 60.0 Å². The third-order valence-electron chi connectivity index (χ3n) is 3.07. The molecule has 0 atom stereocenters. The maximum Gasteiger partial charge on any atom is 0.316 e. The van der Waals surface area contributed by atoms with E-state index in [4.69, 9.17) is 9.47 Å². The summed E-state index contributed by atoms with van der Waals surface area (Å²) in [5, 5.41) is 0. The van der Waals surface area contributed by atoms with Gasteiger partial charge in [0.1, 0.15) is 11.4 Å². The van der Waals surface area contributed by atoms with E-state index < -0.39 is 11.0 Å². The minimum absolute atomic E-state index is 0.176. The minimum atomic E-state index is -0.583. The van der Waals surface area contributed by atoms with Crippen molar-refractivity contribution in [3.8, 4) is 5.75 Å². The van der Waals surface area contributed by atoms with Crippen LogP contribution in [0, 0.1) is 5.41 Å². The number of rotatable bonds is 5. The average molecular weight is 332 g/mol. The summed E-state index contributed by atoms with van der Waals surface area (Å²) >= 11 is 0. The van der Waals surface area contributed by atoms with Crippen LogP contribution in [-0.4, -0.2) is 17.5 Å². The molecular weight excluding hydrogens is 304 g/mol. The van der Waals surface area contributed by atoms with Gasteiger partial charge in [0.15, 0.2) is 0 Å². The molecule has 132 valence electrons. The quantitative estimate of drug-likeness (QED) is 0.459. The molecular formula is C20H28O4. The Hall–Kier alpha value is -2.10. The molecule has 0 saturated heterocycles. The molecule has 0 radical (unpaired) electrons. The van der Waals surface area contributed by atoms with Crippen molar-refractivity contribution in [3.63, 3.8) is 0 Å². The Balaban J connectivity index is 2.96. The SMILES string of the molecule is C=CCc1cc(CC(=O)OC(C)(C)C)ccc1OC(=O)C(C)(C)C. The number of esters is 2. The maximum absolute atomic E-state index is 12.1. The van der Waals surface area contributed by atoms with Crippen molar-refractivity contribution < 1.29 is 19.1 Å². The first-order valence-corrected chi connectivity index (χ1v) is 8.09. The second-order valence-electron chi connectivity index (χ2n) is 7.84. The molecule has 4 heteroatoms. The third kappa shape index (κ3) is 6.57. The highest BCUT2D eigenvalue weighted by Crippen LogP contribution is 2.25. The zero-order chi connectivity index (χ0) is 18.5. The van der Waals surface area contributed by atoms with E-state index in [2.05, 4.69) is 6.58 Å². The van der Waals surface area contributed by atoms with Gasteiger partial charge in [0.25, 0.3) is 0 Å². The molecule has 0 unspecified atom stereocenters. The van der Waals surface area contributed by atoms with Gasteiger partial charge in [-0.1, -0.05) is 18.2 Å². The number of hydrogen-bond donors (Lipinski definition) is 0. The molecule has 1 aromatic carbocycles. The van der Waals surface area contributed by atoms with E-state index in [-0.39, 0.29) is 18.4 Å². The average Bonchev–Trinajstić information content (AvgIpc) is 2.38. The van der Waals surface area contributed by atoms with Crippen LogP contribution in [0.15, 0.2) is 30.9 Å². The molecule has 0 N–H and O–H groups in total. The molecule has 0 aliphatic rings. The smallest absolute Gasteiger partial charge is 0.316 e. The fraction of sp³-hybridized carbons (Fsp3) is 0.500. The van der Waals surface area contributed by atoms with Crippen LogP contribution in [0.5, 0.6) is 5.75 Å². The topological polar surface area (TPSA) is 52.6 Å². The normalized spacial score (nSPS) is 11.8. The lowest BCUT2D eigenvalue weighted by molar-refractivity contribution is -0.154. The molecule has 24 heavy (non-hydrogen) atoms. The number of allylic oxidation sites excluding steroid dienone is 1. The van der Waals surface area contributed by atoms with E-state index in [1.54, 1.807) is 39.0 Å². The minimum Gasteiger partial charge on any atom is -0.460 e. The van der Waals surface area contributed by atoms with Gasteiger partial charge in [0.05, 0.1) is 11.8 Å². The zero-order valence-corrected chi connectivity index (χ0v) is 15.6. The van der Waals surface area contributed by atoms with Gasteiger partial charge in [0.2, 0.25) is 0 Å². The van der Waals surface area contributed by atoms with Crippen molar-refractivity contribution in [1.82, 2.24) is 0 Å². The highest BCUT2D eigenvalue weighted by molar-refractivity contribution is 5.78. The fourth-order valence-electron chi connectivity index (χ4n) is 1.95. The Morgan fingerprint density at radius 1 is 1.12 bits per heavy atom.